The second-order valence-electron chi connectivity index (χ2n) is 5.91. The summed E-state index contributed by atoms with van der Waals surface area (Å²) in [5.74, 6) is 0. The van der Waals surface area contributed by atoms with Gasteiger partial charge in [-0.05, 0) is 53.0 Å². The van der Waals surface area contributed by atoms with Crippen LogP contribution in [0.25, 0.3) is 0 Å². The van der Waals surface area contributed by atoms with Crippen LogP contribution < -0.4 is 5.32 Å². The van der Waals surface area contributed by atoms with Gasteiger partial charge in [-0.25, -0.2) is 0 Å². The fourth-order valence-corrected chi connectivity index (χ4v) is 2.23. The van der Waals surface area contributed by atoms with Crippen LogP contribution in [0.15, 0.2) is 11.6 Å². The zero-order valence-electron chi connectivity index (χ0n) is 12.0. The predicted molar refractivity (Wildman–Crippen MR) is 74.3 cm³/mol. The molecule has 0 amide bonds. The van der Waals surface area contributed by atoms with Crippen LogP contribution in [0.1, 0.15) is 59.8 Å². The first kappa shape index (κ1) is 14.7. The molecule has 1 rings (SSSR count). The molecule has 1 atom stereocenters. The lowest BCUT2D eigenvalue weighted by molar-refractivity contribution is -0.0103. The number of hydrogen-bond acceptors (Lipinski definition) is 2. The summed E-state index contributed by atoms with van der Waals surface area (Å²) in [6, 6.07) is 0.414. The van der Waals surface area contributed by atoms with Crippen LogP contribution >= 0.6 is 0 Å². The zero-order valence-corrected chi connectivity index (χ0v) is 12.0. The number of ether oxygens (including phenoxy) is 1. The summed E-state index contributed by atoms with van der Waals surface area (Å²) in [7, 11) is 0. The maximum absolute atomic E-state index is 5.93. The van der Waals surface area contributed by atoms with Crippen molar-refractivity contribution < 1.29 is 4.74 Å². The molecule has 0 aromatic heterocycles. The highest BCUT2D eigenvalue weighted by molar-refractivity contribution is 5.12. The molecule has 2 heteroatoms. The normalized spacial score (nSPS) is 19.6. The van der Waals surface area contributed by atoms with E-state index < -0.39 is 0 Å². The van der Waals surface area contributed by atoms with Crippen molar-refractivity contribution in [2.75, 3.05) is 13.2 Å². The quantitative estimate of drug-likeness (QED) is 0.739. The van der Waals surface area contributed by atoms with Crippen LogP contribution in [0.2, 0.25) is 0 Å². The molecule has 0 saturated carbocycles. The Hall–Kier alpha value is -0.340. The van der Waals surface area contributed by atoms with Crippen LogP contribution in [0.5, 0.6) is 0 Å². The molecule has 0 saturated heterocycles. The van der Waals surface area contributed by atoms with Gasteiger partial charge in [-0.2, -0.15) is 0 Å². The monoisotopic (exact) mass is 239 g/mol. The molecule has 1 N–H and O–H groups in total. The summed E-state index contributed by atoms with van der Waals surface area (Å²) < 4.78 is 5.93. The molecular formula is C15H29NO. The lowest BCUT2D eigenvalue weighted by Gasteiger charge is -2.26. The molecule has 0 spiro atoms. The molecule has 1 aliphatic rings. The topological polar surface area (TPSA) is 21.3 Å². The zero-order chi connectivity index (χ0) is 12.7. The Labute approximate surface area is 107 Å². The van der Waals surface area contributed by atoms with E-state index in [1.807, 2.05) is 0 Å². The minimum Gasteiger partial charge on any atom is -0.374 e. The number of hydrogen-bond donors (Lipinski definition) is 1. The van der Waals surface area contributed by atoms with Crippen LogP contribution in [0.3, 0.4) is 0 Å². The molecule has 0 aromatic rings. The molecular weight excluding hydrogens is 210 g/mol. The first-order valence-electron chi connectivity index (χ1n) is 7.09. The predicted octanol–water partition coefficient (Wildman–Crippen LogP) is 3.67. The van der Waals surface area contributed by atoms with Gasteiger partial charge in [0.05, 0.1) is 18.2 Å². The molecule has 0 heterocycles. The van der Waals surface area contributed by atoms with E-state index in [0.29, 0.717) is 6.04 Å². The molecule has 100 valence electrons. The molecule has 0 radical (unpaired) electrons. The fourth-order valence-electron chi connectivity index (χ4n) is 2.23. The molecule has 0 bridgehead atoms. The van der Waals surface area contributed by atoms with Crippen molar-refractivity contribution in [3.05, 3.63) is 11.6 Å². The highest BCUT2D eigenvalue weighted by Crippen LogP contribution is 2.21. The van der Waals surface area contributed by atoms with E-state index in [9.17, 15) is 0 Å². The highest BCUT2D eigenvalue weighted by Gasteiger charge is 2.18. The van der Waals surface area contributed by atoms with Gasteiger partial charge in [0.15, 0.2) is 0 Å². The van der Waals surface area contributed by atoms with E-state index in [-0.39, 0.29) is 5.60 Å². The third-order valence-corrected chi connectivity index (χ3v) is 3.16. The fraction of sp³-hybridized carbons (Fsp3) is 0.867. The SMILES string of the molecule is CCNC(COC(C)(C)C)C1=CCCCCC1. The Kier molecular flexibility index (Phi) is 6.21. The third kappa shape index (κ3) is 6.23. The second kappa shape index (κ2) is 7.17. The van der Waals surface area contributed by atoms with Gasteiger partial charge in [-0.1, -0.05) is 25.0 Å². The van der Waals surface area contributed by atoms with Gasteiger partial charge in [0.2, 0.25) is 0 Å². The molecule has 1 unspecified atom stereocenters. The molecule has 0 fully saturated rings. The lowest BCUT2D eigenvalue weighted by Crippen LogP contribution is -2.38. The lowest BCUT2D eigenvalue weighted by atomic mass is 10.0. The van der Waals surface area contributed by atoms with Crippen molar-refractivity contribution in [3.63, 3.8) is 0 Å². The number of nitrogens with one attached hydrogen (secondary N) is 1. The van der Waals surface area contributed by atoms with Gasteiger partial charge in [0.25, 0.3) is 0 Å². The average Bonchev–Trinajstić information content (AvgIpc) is 2.51. The van der Waals surface area contributed by atoms with Gasteiger partial charge in [0.1, 0.15) is 0 Å². The summed E-state index contributed by atoms with van der Waals surface area (Å²) in [5, 5.41) is 3.56. The van der Waals surface area contributed by atoms with Crippen molar-refractivity contribution in [2.24, 2.45) is 0 Å². The van der Waals surface area contributed by atoms with Crippen molar-refractivity contribution in [1.82, 2.24) is 5.32 Å². The Balaban J connectivity index is 2.54. The first-order chi connectivity index (χ1) is 8.03. The van der Waals surface area contributed by atoms with Crippen molar-refractivity contribution >= 4 is 0 Å². The first-order valence-corrected chi connectivity index (χ1v) is 7.09. The minimum atomic E-state index is -0.0427. The van der Waals surface area contributed by atoms with E-state index >= 15 is 0 Å². The number of rotatable bonds is 5. The van der Waals surface area contributed by atoms with E-state index in [1.54, 1.807) is 5.57 Å². The molecule has 17 heavy (non-hydrogen) atoms. The Morgan fingerprint density at radius 1 is 1.29 bits per heavy atom. The summed E-state index contributed by atoms with van der Waals surface area (Å²) in [6.45, 7) is 10.3. The van der Waals surface area contributed by atoms with Crippen LogP contribution in [-0.4, -0.2) is 24.8 Å². The van der Waals surface area contributed by atoms with Crippen LogP contribution in [0.4, 0.5) is 0 Å². The maximum atomic E-state index is 5.93. The largest absolute Gasteiger partial charge is 0.374 e. The summed E-state index contributed by atoms with van der Waals surface area (Å²) in [6.07, 6.45) is 8.98. The number of likely N-dealkylation sites (N-methyl/N-ethyl adjacent to an activating group) is 1. The third-order valence-electron chi connectivity index (χ3n) is 3.16. The molecule has 2 nitrogen and oxygen atoms in total. The van der Waals surface area contributed by atoms with Gasteiger partial charge in [-0.3, -0.25) is 0 Å². The standard InChI is InChI=1S/C15H29NO/c1-5-16-14(12-17-15(2,3)4)13-10-8-6-7-9-11-13/h10,14,16H,5-9,11-12H2,1-4H3. The average molecular weight is 239 g/mol. The Morgan fingerprint density at radius 3 is 2.71 bits per heavy atom. The summed E-state index contributed by atoms with van der Waals surface area (Å²) in [4.78, 5) is 0. The molecule has 1 aliphatic carbocycles. The smallest absolute Gasteiger partial charge is 0.0665 e. The van der Waals surface area contributed by atoms with E-state index in [1.165, 1.54) is 32.1 Å². The Bertz CT molecular complexity index is 240. The van der Waals surface area contributed by atoms with E-state index in [0.717, 1.165) is 13.2 Å². The number of allylic oxidation sites excluding steroid dienone is 1. The van der Waals surface area contributed by atoms with Crippen LogP contribution in [-0.2, 0) is 4.74 Å². The van der Waals surface area contributed by atoms with Crippen molar-refractivity contribution in [3.8, 4) is 0 Å². The maximum Gasteiger partial charge on any atom is 0.0665 e. The van der Waals surface area contributed by atoms with Crippen molar-refractivity contribution in [2.45, 2.75) is 71.4 Å². The van der Waals surface area contributed by atoms with Gasteiger partial charge in [0, 0.05) is 0 Å². The second-order valence-corrected chi connectivity index (χ2v) is 5.91. The summed E-state index contributed by atoms with van der Waals surface area (Å²) >= 11 is 0. The van der Waals surface area contributed by atoms with Gasteiger partial charge >= 0.3 is 0 Å². The van der Waals surface area contributed by atoms with Crippen LogP contribution in [0, 0.1) is 0 Å². The molecule has 0 aliphatic heterocycles. The van der Waals surface area contributed by atoms with Gasteiger partial charge < -0.3 is 10.1 Å². The van der Waals surface area contributed by atoms with Crippen molar-refractivity contribution in [1.29, 1.82) is 0 Å². The van der Waals surface area contributed by atoms with E-state index in [2.05, 4.69) is 39.1 Å². The highest BCUT2D eigenvalue weighted by atomic mass is 16.5. The van der Waals surface area contributed by atoms with Gasteiger partial charge in [-0.15, -0.1) is 0 Å². The Morgan fingerprint density at radius 2 is 2.06 bits per heavy atom. The molecule has 0 aromatic carbocycles. The minimum absolute atomic E-state index is 0.0427. The van der Waals surface area contributed by atoms with E-state index in [4.69, 9.17) is 4.74 Å². The summed E-state index contributed by atoms with van der Waals surface area (Å²) in [5.41, 5.74) is 1.52.